The molecule has 19 heavy (non-hydrogen) atoms. The lowest BCUT2D eigenvalue weighted by atomic mass is 9.58. The van der Waals surface area contributed by atoms with Gasteiger partial charge in [-0.2, -0.15) is 0 Å². The first-order valence-corrected chi connectivity index (χ1v) is 6.59. The molecule has 0 bridgehead atoms. The number of rotatable bonds is 0. The number of aryl methyl sites for hydroxylation is 1. The third kappa shape index (κ3) is 1.06. The molecular weight excluding hydrogens is 244 g/mol. The molecule has 3 unspecified atom stereocenters. The van der Waals surface area contributed by atoms with Crippen LogP contribution in [0.2, 0.25) is 0 Å². The van der Waals surface area contributed by atoms with E-state index in [1.54, 1.807) is 6.26 Å². The Labute approximate surface area is 110 Å². The van der Waals surface area contributed by atoms with Gasteiger partial charge in [0.1, 0.15) is 6.10 Å². The number of carbonyl (C=O) groups is 2. The predicted octanol–water partition coefficient (Wildman–Crippen LogP) is 2.72. The molecule has 0 radical (unpaired) electrons. The molecule has 1 aliphatic heterocycles. The molecular formula is C15H14O4. The fraction of sp³-hybridized carbons (Fsp3) is 0.467. The second-order valence-corrected chi connectivity index (χ2v) is 5.84. The Bertz CT molecular complexity index is 651. The first kappa shape index (κ1) is 11.0. The third-order valence-electron chi connectivity index (χ3n) is 4.92. The smallest absolute Gasteiger partial charge is 0.335 e. The molecule has 1 saturated heterocycles. The molecule has 0 N–H and O–H groups in total. The summed E-state index contributed by atoms with van der Waals surface area (Å²) in [6.07, 6.45) is 4.65. The van der Waals surface area contributed by atoms with Crippen molar-refractivity contribution in [3.8, 4) is 0 Å². The largest absolute Gasteiger partial charge is 0.461 e. The number of carbonyl (C=O) groups excluding carboxylic acids is 2. The van der Waals surface area contributed by atoms with Gasteiger partial charge in [0, 0.05) is 17.1 Å². The minimum atomic E-state index is -0.520. The van der Waals surface area contributed by atoms with E-state index in [-0.39, 0.29) is 23.8 Å². The van der Waals surface area contributed by atoms with Crippen LogP contribution in [0.15, 0.2) is 22.3 Å². The van der Waals surface area contributed by atoms with Crippen molar-refractivity contribution in [3.05, 3.63) is 34.8 Å². The van der Waals surface area contributed by atoms with Gasteiger partial charge in [0.25, 0.3) is 0 Å². The standard InChI is InChI=1S/C15H14O4/c1-7-6-18-12-10(7)13-15(2)8(11(12)16)4-3-5-9(15)14(17)19-13/h5-6,8,13H,3-4H2,1-2H3. The van der Waals surface area contributed by atoms with Crippen LogP contribution in [0.1, 0.15) is 47.6 Å². The van der Waals surface area contributed by atoms with Gasteiger partial charge in [-0.15, -0.1) is 0 Å². The summed E-state index contributed by atoms with van der Waals surface area (Å²) in [4.78, 5) is 24.7. The number of fused-ring (bicyclic) bond motifs is 2. The van der Waals surface area contributed by atoms with Crippen molar-refractivity contribution in [2.24, 2.45) is 11.3 Å². The molecule has 1 aromatic rings. The van der Waals surface area contributed by atoms with E-state index in [4.69, 9.17) is 9.15 Å². The molecule has 4 nitrogen and oxygen atoms in total. The van der Waals surface area contributed by atoms with Crippen LogP contribution in [0, 0.1) is 18.3 Å². The molecule has 0 amide bonds. The number of hydrogen-bond donors (Lipinski definition) is 0. The van der Waals surface area contributed by atoms with E-state index in [0.717, 1.165) is 24.0 Å². The minimum absolute atomic E-state index is 0.0192. The normalized spacial score (nSPS) is 35.6. The summed E-state index contributed by atoms with van der Waals surface area (Å²) in [6.45, 7) is 3.86. The van der Waals surface area contributed by atoms with Crippen molar-refractivity contribution in [1.29, 1.82) is 0 Å². The number of ether oxygens (including phenoxy) is 1. The lowest BCUT2D eigenvalue weighted by molar-refractivity contribution is -0.140. The van der Waals surface area contributed by atoms with E-state index >= 15 is 0 Å². The lowest BCUT2D eigenvalue weighted by Crippen LogP contribution is -2.43. The number of Topliss-reactive ketones (excluding diaryl/α,β-unsaturated/α-hetero) is 1. The summed E-state index contributed by atoms with van der Waals surface area (Å²) in [7, 11) is 0. The molecule has 1 fully saturated rings. The van der Waals surface area contributed by atoms with E-state index in [0.29, 0.717) is 11.3 Å². The van der Waals surface area contributed by atoms with Crippen LogP contribution in [-0.2, 0) is 9.53 Å². The predicted molar refractivity (Wildman–Crippen MR) is 65.5 cm³/mol. The van der Waals surface area contributed by atoms with Crippen molar-refractivity contribution < 1.29 is 18.7 Å². The van der Waals surface area contributed by atoms with Gasteiger partial charge in [0.15, 0.2) is 5.76 Å². The van der Waals surface area contributed by atoms with Crippen molar-refractivity contribution in [1.82, 2.24) is 0 Å². The second kappa shape index (κ2) is 3.18. The van der Waals surface area contributed by atoms with Crippen molar-refractivity contribution >= 4 is 11.8 Å². The Balaban J connectivity index is 2.04. The zero-order valence-corrected chi connectivity index (χ0v) is 10.9. The monoisotopic (exact) mass is 258 g/mol. The Morgan fingerprint density at radius 1 is 1.37 bits per heavy atom. The van der Waals surface area contributed by atoms with Crippen LogP contribution in [-0.4, -0.2) is 11.8 Å². The highest BCUT2D eigenvalue weighted by molar-refractivity contribution is 6.04. The maximum atomic E-state index is 12.6. The average Bonchev–Trinajstić information content (AvgIpc) is 2.86. The van der Waals surface area contributed by atoms with Gasteiger partial charge in [0.05, 0.1) is 11.7 Å². The van der Waals surface area contributed by atoms with Gasteiger partial charge >= 0.3 is 5.97 Å². The maximum absolute atomic E-state index is 12.6. The highest BCUT2D eigenvalue weighted by atomic mass is 16.6. The SMILES string of the molecule is Cc1coc2c1C1OC(=O)C3=CCCC(C2=O)C31C. The summed E-state index contributed by atoms with van der Waals surface area (Å²) >= 11 is 0. The van der Waals surface area contributed by atoms with Crippen LogP contribution < -0.4 is 0 Å². The Morgan fingerprint density at radius 2 is 2.16 bits per heavy atom. The number of hydrogen-bond acceptors (Lipinski definition) is 4. The van der Waals surface area contributed by atoms with E-state index < -0.39 is 5.41 Å². The quantitative estimate of drug-likeness (QED) is 0.671. The summed E-state index contributed by atoms with van der Waals surface area (Å²) in [6, 6.07) is 0. The van der Waals surface area contributed by atoms with E-state index in [9.17, 15) is 9.59 Å². The first-order valence-electron chi connectivity index (χ1n) is 6.59. The molecule has 3 atom stereocenters. The van der Waals surface area contributed by atoms with Crippen molar-refractivity contribution in [3.63, 3.8) is 0 Å². The zero-order valence-electron chi connectivity index (χ0n) is 10.9. The molecule has 4 rings (SSSR count). The van der Waals surface area contributed by atoms with Crippen LogP contribution in [0.3, 0.4) is 0 Å². The van der Waals surface area contributed by atoms with Crippen molar-refractivity contribution in [2.75, 3.05) is 0 Å². The molecule has 0 aromatic carbocycles. The van der Waals surface area contributed by atoms with Crippen molar-refractivity contribution in [2.45, 2.75) is 32.8 Å². The first-order chi connectivity index (χ1) is 9.05. The maximum Gasteiger partial charge on any atom is 0.335 e. The summed E-state index contributed by atoms with van der Waals surface area (Å²) in [5.74, 6) is -0.0767. The Hall–Kier alpha value is -1.84. The minimum Gasteiger partial charge on any atom is -0.461 e. The van der Waals surface area contributed by atoms with E-state index in [1.165, 1.54) is 0 Å². The second-order valence-electron chi connectivity index (χ2n) is 5.84. The number of furan rings is 1. The number of esters is 1. The topological polar surface area (TPSA) is 56.5 Å². The Kier molecular flexibility index (Phi) is 1.85. The average molecular weight is 258 g/mol. The number of ketones is 1. The summed E-state index contributed by atoms with van der Waals surface area (Å²) < 4.78 is 11.0. The van der Waals surface area contributed by atoms with Crippen LogP contribution >= 0.6 is 0 Å². The van der Waals surface area contributed by atoms with Crippen LogP contribution in [0.5, 0.6) is 0 Å². The van der Waals surface area contributed by atoms with Gasteiger partial charge in [0.2, 0.25) is 5.78 Å². The molecule has 98 valence electrons. The lowest BCUT2D eigenvalue weighted by Gasteiger charge is -2.41. The third-order valence-corrected chi connectivity index (χ3v) is 4.92. The molecule has 4 heteroatoms. The van der Waals surface area contributed by atoms with Gasteiger partial charge in [-0.05, 0) is 25.3 Å². The molecule has 0 spiro atoms. The van der Waals surface area contributed by atoms with Crippen LogP contribution in [0.4, 0.5) is 0 Å². The van der Waals surface area contributed by atoms with Gasteiger partial charge < -0.3 is 9.15 Å². The molecule has 1 aromatic heterocycles. The highest BCUT2D eigenvalue weighted by Gasteiger charge is 2.62. The van der Waals surface area contributed by atoms with E-state index in [2.05, 4.69) is 0 Å². The fourth-order valence-electron chi connectivity index (χ4n) is 3.91. The molecule has 0 saturated carbocycles. The van der Waals surface area contributed by atoms with Crippen LogP contribution in [0.25, 0.3) is 0 Å². The van der Waals surface area contributed by atoms with Gasteiger partial charge in [-0.3, -0.25) is 4.79 Å². The molecule has 2 heterocycles. The van der Waals surface area contributed by atoms with Gasteiger partial charge in [-0.25, -0.2) is 4.79 Å². The Morgan fingerprint density at radius 3 is 2.95 bits per heavy atom. The molecule has 3 aliphatic rings. The summed E-state index contributed by atoms with van der Waals surface area (Å²) in [5, 5.41) is 0. The number of allylic oxidation sites excluding steroid dienone is 1. The highest BCUT2D eigenvalue weighted by Crippen LogP contribution is 2.61. The molecule has 2 aliphatic carbocycles. The van der Waals surface area contributed by atoms with E-state index in [1.807, 2.05) is 19.9 Å². The fourth-order valence-corrected chi connectivity index (χ4v) is 3.91. The summed E-state index contributed by atoms with van der Waals surface area (Å²) in [5.41, 5.74) is 1.80. The van der Waals surface area contributed by atoms with Gasteiger partial charge in [-0.1, -0.05) is 13.0 Å². The zero-order chi connectivity index (χ0) is 13.4.